The number of benzene rings is 1. The molecule has 1 heterocycles. The Balaban J connectivity index is 2.63. The van der Waals surface area contributed by atoms with Gasteiger partial charge in [0.15, 0.2) is 0 Å². The van der Waals surface area contributed by atoms with E-state index in [9.17, 15) is 22.8 Å². The highest BCUT2D eigenvalue weighted by Gasteiger charge is 2.39. The molecule has 170 valence electrons. The van der Waals surface area contributed by atoms with Crippen LogP contribution in [0.4, 0.5) is 13.2 Å². The monoisotopic (exact) mass is 441 g/mol. The van der Waals surface area contributed by atoms with Gasteiger partial charge in [0.1, 0.15) is 6.61 Å². The van der Waals surface area contributed by atoms with Gasteiger partial charge in [0.25, 0.3) is 0 Å². The molecule has 0 spiro atoms. The highest BCUT2D eigenvalue weighted by atomic mass is 19.4. The number of nitrogens with one attached hydrogen (secondary N) is 1. The second-order valence-electron chi connectivity index (χ2n) is 7.34. The lowest BCUT2D eigenvalue weighted by molar-refractivity contribution is -0.143. The standard InChI is InChI=1S/C22H26F3NO5/c1-12(2)31-21(28)18-14(4)26-13(3)17(20(27)30-10-9-29-5)19(18)15-7-6-8-16(11-15)22(23,24)25/h6-8,11-12,19,26H,9-10H2,1-5H3. The fourth-order valence-corrected chi connectivity index (χ4v) is 3.34. The zero-order chi connectivity index (χ0) is 23.3. The van der Waals surface area contributed by atoms with Gasteiger partial charge in [-0.3, -0.25) is 0 Å². The number of alkyl halides is 3. The van der Waals surface area contributed by atoms with Gasteiger partial charge >= 0.3 is 18.1 Å². The molecule has 1 aliphatic heterocycles. The van der Waals surface area contributed by atoms with E-state index in [-0.39, 0.29) is 29.9 Å². The molecular weight excluding hydrogens is 415 g/mol. The van der Waals surface area contributed by atoms with E-state index in [0.717, 1.165) is 12.1 Å². The topological polar surface area (TPSA) is 73.9 Å². The molecule has 0 fully saturated rings. The number of rotatable bonds is 7. The minimum absolute atomic E-state index is 0.0386. The lowest BCUT2D eigenvalue weighted by Crippen LogP contribution is -2.33. The van der Waals surface area contributed by atoms with Crippen LogP contribution in [0.2, 0.25) is 0 Å². The summed E-state index contributed by atoms with van der Waals surface area (Å²) in [5.41, 5.74) is 0.100. The molecule has 0 saturated carbocycles. The Labute approximate surface area is 179 Å². The number of allylic oxidation sites excluding steroid dienone is 2. The van der Waals surface area contributed by atoms with Crippen molar-refractivity contribution in [1.82, 2.24) is 5.32 Å². The van der Waals surface area contributed by atoms with Crippen molar-refractivity contribution in [3.8, 4) is 0 Å². The lowest BCUT2D eigenvalue weighted by Gasteiger charge is -2.31. The molecule has 1 atom stereocenters. The van der Waals surface area contributed by atoms with Crippen LogP contribution in [-0.2, 0) is 30.0 Å². The summed E-state index contributed by atoms with van der Waals surface area (Å²) in [5.74, 6) is -2.58. The van der Waals surface area contributed by atoms with Crippen molar-refractivity contribution in [2.75, 3.05) is 20.3 Å². The third-order valence-electron chi connectivity index (χ3n) is 4.61. The number of halogens is 3. The van der Waals surface area contributed by atoms with Crippen molar-refractivity contribution < 1.29 is 37.0 Å². The summed E-state index contributed by atoms with van der Waals surface area (Å²) >= 11 is 0. The van der Waals surface area contributed by atoms with Crippen molar-refractivity contribution >= 4 is 11.9 Å². The Morgan fingerprint density at radius 1 is 1.06 bits per heavy atom. The molecular formula is C22H26F3NO5. The van der Waals surface area contributed by atoms with Crippen LogP contribution in [0, 0.1) is 0 Å². The number of esters is 2. The summed E-state index contributed by atoms with van der Waals surface area (Å²) in [4.78, 5) is 25.8. The molecule has 0 radical (unpaired) electrons. The van der Waals surface area contributed by atoms with Gasteiger partial charge in [-0.15, -0.1) is 0 Å². The first-order valence-electron chi connectivity index (χ1n) is 9.70. The summed E-state index contributed by atoms with van der Waals surface area (Å²) in [6, 6.07) is 4.54. The summed E-state index contributed by atoms with van der Waals surface area (Å²) in [7, 11) is 1.44. The Kier molecular flexibility index (Phi) is 7.89. The molecule has 0 bridgehead atoms. The maximum atomic E-state index is 13.3. The van der Waals surface area contributed by atoms with Crippen LogP contribution in [0.15, 0.2) is 46.8 Å². The molecule has 0 saturated heterocycles. The third-order valence-corrected chi connectivity index (χ3v) is 4.61. The van der Waals surface area contributed by atoms with Gasteiger partial charge in [0, 0.05) is 18.5 Å². The number of hydrogen-bond donors (Lipinski definition) is 1. The van der Waals surface area contributed by atoms with Crippen molar-refractivity contribution in [1.29, 1.82) is 0 Å². The molecule has 1 aromatic carbocycles. The van der Waals surface area contributed by atoms with E-state index in [1.165, 1.54) is 19.2 Å². The average molecular weight is 441 g/mol. The lowest BCUT2D eigenvalue weighted by atomic mass is 9.80. The fourth-order valence-electron chi connectivity index (χ4n) is 3.34. The van der Waals surface area contributed by atoms with E-state index in [4.69, 9.17) is 14.2 Å². The molecule has 9 heteroatoms. The molecule has 1 aromatic rings. The largest absolute Gasteiger partial charge is 0.460 e. The number of dihydropyridines is 1. The van der Waals surface area contributed by atoms with Gasteiger partial charge in [-0.25, -0.2) is 9.59 Å². The quantitative estimate of drug-likeness (QED) is 0.508. The van der Waals surface area contributed by atoms with Crippen LogP contribution in [0.25, 0.3) is 0 Å². The Bertz CT molecular complexity index is 903. The zero-order valence-electron chi connectivity index (χ0n) is 18.1. The van der Waals surface area contributed by atoms with Gasteiger partial charge in [0.2, 0.25) is 0 Å². The van der Waals surface area contributed by atoms with Crippen molar-refractivity contribution in [3.63, 3.8) is 0 Å². The minimum atomic E-state index is -4.59. The number of ether oxygens (including phenoxy) is 3. The van der Waals surface area contributed by atoms with Gasteiger partial charge < -0.3 is 19.5 Å². The minimum Gasteiger partial charge on any atom is -0.460 e. The first-order chi connectivity index (χ1) is 14.5. The van der Waals surface area contributed by atoms with Crippen molar-refractivity contribution in [3.05, 3.63) is 57.9 Å². The van der Waals surface area contributed by atoms with E-state index in [1.807, 2.05) is 0 Å². The molecule has 1 unspecified atom stereocenters. The molecule has 1 aliphatic rings. The van der Waals surface area contributed by atoms with Crippen LogP contribution < -0.4 is 5.32 Å². The molecule has 2 rings (SSSR count). The van der Waals surface area contributed by atoms with Gasteiger partial charge in [-0.1, -0.05) is 18.2 Å². The highest BCUT2D eigenvalue weighted by Crippen LogP contribution is 2.41. The maximum absolute atomic E-state index is 13.3. The Hall–Kier alpha value is -2.81. The van der Waals surface area contributed by atoms with Crippen LogP contribution in [0.3, 0.4) is 0 Å². The van der Waals surface area contributed by atoms with E-state index < -0.39 is 35.7 Å². The Morgan fingerprint density at radius 3 is 2.23 bits per heavy atom. The molecule has 0 aliphatic carbocycles. The zero-order valence-corrected chi connectivity index (χ0v) is 18.1. The van der Waals surface area contributed by atoms with Crippen LogP contribution in [0.5, 0.6) is 0 Å². The normalized spacial score (nSPS) is 17.0. The number of hydrogen-bond acceptors (Lipinski definition) is 6. The van der Waals surface area contributed by atoms with E-state index in [1.54, 1.807) is 27.7 Å². The van der Waals surface area contributed by atoms with E-state index in [2.05, 4.69) is 5.32 Å². The van der Waals surface area contributed by atoms with Gasteiger partial charge in [0.05, 0.1) is 35.3 Å². The third kappa shape index (κ3) is 5.88. The molecule has 31 heavy (non-hydrogen) atoms. The summed E-state index contributed by atoms with van der Waals surface area (Å²) < 4.78 is 55.5. The maximum Gasteiger partial charge on any atom is 0.416 e. The molecule has 0 amide bonds. The smallest absolute Gasteiger partial charge is 0.416 e. The van der Waals surface area contributed by atoms with Gasteiger partial charge in [-0.2, -0.15) is 13.2 Å². The second kappa shape index (κ2) is 10.00. The van der Waals surface area contributed by atoms with Crippen molar-refractivity contribution in [2.45, 2.75) is 45.9 Å². The van der Waals surface area contributed by atoms with Crippen molar-refractivity contribution in [2.24, 2.45) is 0 Å². The van der Waals surface area contributed by atoms with Crippen LogP contribution >= 0.6 is 0 Å². The predicted octanol–water partition coefficient (Wildman–Crippen LogP) is 4.08. The first-order valence-corrected chi connectivity index (χ1v) is 9.70. The SMILES string of the molecule is COCCOC(=O)C1=C(C)NC(C)=C(C(=O)OC(C)C)C1c1cccc(C(F)(F)F)c1. The number of methoxy groups -OCH3 is 1. The van der Waals surface area contributed by atoms with E-state index >= 15 is 0 Å². The summed E-state index contributed by atoms with van der Waals surface area (Å²) in [6.07, 6.45) is -5.04. The average Bonchev–Trinajstić information content (AvgIpc) is 2.66. The Morgan fingerprint density at radius 2 is 1.68 bits per heavy atom. The fraction of sp³-hybridized carbons (Fsp3) is 0.455. The number of carbonyl (C=O) groups excluding carboxylic acids is 2. The summed E-state index contributed by atoms with van der Waals surface area (Å²) in [5, 5.41) is 2.95. The molecule has 0 aromatic heterocycles. The number of carbonyl (C=O) groups is 2. The summed E-state index contributed by atoms with van der Waals surface area (Å²) in [6.45, 7) is 6.62. The first kappa shape index (κ1) is 24.5. The molecule has 1 N–H and O–H groups in total. The second-order valence-corrected chi connectivity index (χ2v) is 7.34. The van der Waals surface area contributed by atoms with E-state index in [0.29, 0.717) is 11.4 Å². The predicted molar refractivity (Wildman–Crippen MR) is 107 cm³/mol. The highest BCUT2D eigenvalue weighted by molar-refractivity contribution is 6.00. The van der Waals surface area contributed by atoms with Crippen LogP contribution in [-0.4, -0.2) is 38.4 Å². The molecule has 6 nitrogen and oxygen atoms in total. The van der Waals surface area contributed by atoms with Gasteiger partial charge in [-0.05, 0) is 39.3 Å². The van der Waals surface area contributed by atoms with Crippen LogP contribution in [0.1, 0.15) is 44.7 Å².